The first kappa shape index (κ1) is 12.6. The Morgan fingerprint density at radius 1 is 1.47 bits per heavy atom. The van der Waals surface area contributed by atoms with Crippen molar-refractivity contribution in [3.63, 3.8) is 0 Å². The zero-order valence-electron chi connectivity index (χ0n) is 10.0. The summed E-state index contributed by atoms with van der Waals surface area (Å²) in [6.45, 7) is 4.37. The highest BCUT2D eigenvalue weighted by atomic mass is 35.5. The lowest BCUT2D eigenvalue weighted by atomic mass is 10.1. The summed E-state index contributed by atoms with van der Waals surface area (Å²) >= 11 is 7.50. The molecule has 5 heteroatoms. The lowest BCUT2D eigenvalue weighted by molar-refractivity contribution is 0.644. The number of hydrogen-bond acceptors (Lipinski definition) is 4. The summed E-state index contributed by atoms with van der Waals surface area (Å²) < 4.78 is 0. The topological polar surface area (TPSA) is 37.8 Å². The zero-order chi connectivity index (χ0) is 12.3. The standard InChI is InChI=1S/C12H16ClN3S/c1-3-4-5-8(2)14-10-9-6-7-17-11(9)16-12(13)15-10/h6-8H,3-5H2,1-2H3,(H,14,15,16). The summed E-state index contributed by atoms with van der Waals surface area (Å²) in [6, 6.07) is 2.44. The highest BCUT2D eigenvalue weighted by Crippen LogP contribution is 2.27. The Morgan fingerprint density at radius 2 is 2.29 bits per heavy atom. The number of fused-ring (bicyclic) bond motifs is 1. The van der Waals surface area contributed by atoms with E-state index in [2.05, 4.69) is 29.1 Å². The SMILES string of the molecule is CCCCC(C)Nc1nc(Cl)nc2sccc12. The third-order valence-electron chi connectivity index (χ3n) is 2.67. The molecule has 2 heterocycles. The van der Waals surface area contributed by atoms with Crippen LogP contribution in [-0.4, -0.2) is 16.0 Å². The smallest absolute Gasteiger partial charge is 0.225 e. The monoisotopic (exact) mass is 269 g/mol. The van der Waals surface area contributed by atoms with Crippen LogP contribution >= 0.6 is 22.9 Å². The van der Waals surface area contributed by atoms with Crippen molar-refractivity contribution >= 4 is 39.0 Å². The predicted octanol–water partition coefficient (Wildman–Crippen LogP) is 4.34. The number of thiophene rings is 1. The number of anilines is 1. The fraction of sp³-hybridized carbons (Fsp3) is 0.500. The van der Waals surface area contributed by atoms with E-state index < -0.39 is 0 Å². The molecule has 0 saturated carbocycles. The minimum Gasteiger partial charge on any atom is -0.367 e. The first-order chi connectivity index (χ1) is 8.20. The lowest BCUT2D eigenvalue weighted by Gasteiger charge is -2.14. The average molecular weight is 270 g/mol. The molecule has 0 aliphatic carbocycles. The van der Waals surface area contributed by atoms with Gasteiger partial charge in [-0.15, -0.1) is 11.3 Å². The molecule has 1 N–H and O–H groups in total. The van der Waals surface area contributed by atoms with Crippen molar-refractivity contribution in [3.8, 4) is 0 Å². The number of unbranched alkanes of at least 4 members (excludes halogenated alkanes) is 1. The van der Waals surface area contributed by atoms with Crippen LogP contribution in [0.15, 0.2) is 11.4 Å². The van der Waals surface area contributed by atoms with Gasteiger partial charge in [-0.05, 0) is 36.4 Å². The Hall–Kier alpha value is -0.870. The first-order valence-corrected chi connectivity index (χ1v) is 7.13. The number of halogens is 1. The molecule has 1 atom stereocenters. The minimum absolute atomic E-state index is 0.310. The molecule has 0 spiro atoms. The van der Waals surface area contributed by atoms with Crippen molar-refractivity contribution in [1.29, 1.82) is 0 Å². The summed E-state index contributed by atoms with van der Waals surface area (Å²) in [6.07, 6.45) is 3.58. The van der Waals surface area contributed by atoms with E-state index in [9.17, 15) is 0 Å². The average Bonchev–Trinajstić information content (AvgIpc) is 2.74. The number of nitrogens with zero attached hydrogens (tertiary/aromatic N) is 2. The van der Waals surface area contributed by atoms with Crippen molar-refractivity contribution in [2.45, 2.75) is 39.2 Å². The van der Waals surface area contributed by atoms with Crippen LogP contribution in [0.4, 0.5) is 5.82 Å². The molecule has 0 saturated heterocycles. The van der Waals surface area contributed by atoms with Gasteiger partial charge in [0, 0.05) is 6.04 Å². The molecule has 0 fully saturated rings. The second kappa shape index (κ2) is 5.65. The van der Waals surface area contributed by atoms with Gasteiger partial charge < -0.3 is 5.32 Å². The van der Waals surface area contributed by atoms with Crippen molar-refractivity contribution in [2.75, 3.05) is 5.32 Å². The van der Waals surface area contributed by atoms with Gasteiger partial charge in [-0.3, -0.25) is 0 Å². The molecule has 1 unspecified atom stereocenters. The van der Waals surface area contributed by atoms with E-state index in [-0.39, 0.29) is 0 Å². The molecule has 0 bridgehead atoms. The van der Waals surface area contributed by atoms with E-state index in [1.165, 1.54) is 12.8 Å². The Morgan fingerprint density at radius 3 is 3.06 bits per heavy atom. The summed E-state index contributed by atoms with van der Waals surface area (Å²) in [4.78, 5) is 9.41. The number of hydrogen-bond donors (Lipinski definition) is 1. The highest BCUT2D eigenvalue weighted by Gasteiger charge is 2.10. The fourth-order valence-corrected chi connectivity index (χ4v) is 2.74. The summed E-state index contributed by atoms with van der Waals surface area (Å²) in [5.74, 6) is 0.852. The summed E-state index contributed by atoms with van der Waals surface area (Å²) in [5.41, 5.74) is 0. The normalized spacial score (nSPS) is 12.9. The van der Waals surface area contributed by atoms with Crippen LogP contribution in [0.5, 0.6) is 0 Å². The Balaban J connectivity index is 2.19. The quantitative estimate of drug-likeness (QED) is 0.821. The fourth-order valence-electron chi connectivity index (χ4n) is 1.76. The Kier molecular flexibility index (Phi) is 4.18. The molecular weight excluding hydrogens is 254 g/mol. The van der Waals surface area contributed by atoms with Crippen LogP contribution in [0.1, 0.15) is 33.1 Å². The van der Waals surface area contributed by atoms with Crippen LogP contribution in [0.25, 0.3) is 10.2 Å². The van der Waals surface area contributed by atoms with Gasteiger partial charge in [0.15, 0.2) is 0 Å². The molecule has 17 heavy (non-hydrogen) atoms. The molecule has 0 radical (unpaired) electrons. The van der Waals surface area contributed by atoms with Crippen LogP contribution in [0, 0.1) is 0 Å². The van der Waals surface area contributed by atoms with Crippen molar-refractivity contribution in [1.82, 2.24) is 9.97 Å². The molecule has 2 aromatic rings. The minimum atomic E-state index is 0.310. The van der Waals surface area contributed by atoms with E-state index in [0.29, 0.717) is 11.3 Å². The van der Waals surface area contributed by atoms with Crippen LogP contribution in [-0.2, 0) is 0 Å². The lowest BCUT2D eigenvalue weighted by Crippen LogP contribution is -2.16. The van der Waals surface area contributed by atoms with E-state index in [1.807, 2.05) is 11.4 Å². The maximum absolute atomic E-state index is 5.91. The Bertz CT molecular complexity index is 497. The van der Waals surface area contributed by atoms with Gasteiger partial charge >= 0.3 is 0 Å². The van der Waals surface area contributed by atoms with Crippen LogP contribution in [0.2, 0.25) is 5.28 Å². The van der Waals surface area contributed by atoms with Crippen LogP contribution < -0.4 is 5.32 Å². The second-order valence-electron chi connectivity index (χ2n) is 4.17. The second-order valence-corrected chi connectivity index (χ2v) is 5.40. The maximum Gasteiger partial charge on any atom is 0.225 e. The molecule has 3 nitrogen and oxygen atoms in total. The van der Waals surface area contributed by atoms with E-state index in [0.717, 1.165) is 22.5 Å². The summed E-state index contributed by atoms with van der Waals surface area (Å²) in [7, 11) is 0. The molecular formula is C12H16ClN3S. The molecule has 0 amide bonds. The number of nitrogens with one attached hydrogen (secondary N) is 1. The zero-order valence-corrected chi connectivity index (χ0v) is 11.6. The molecule has 92 valence electrons. The van der Waals surface area contributed by atoms with Crippen molar-refractivity contribution in [3.05, 3.63) is 16.7 Å². The van der Waals surface area contributed by atoms with Crippen molar-refractivity contribution < 1.29 is 0 Å². The van der Waals surface area contributed by atoms with Gasteiger partial charge in [0.1, 0.15) is 10.6 Å². The molecule has 2 aromatic heterocycles. The van der Waals surface area contributed by atoms with Crippen LogP contribution in [0.3, 0.4) is 0 Å². The molecule has 2 rings (SSSR count). The van der Waals surface area contributed by atoms with E-state index in [1.54, 1.807) is 11.3 Å². The van der Waals surface area contributed by atoms with E-state index in [4.69, 9.17) is 11.6 Å². The van der Waals surface area contributed by atoms with Gasteiger partial charge in [-0.1, -0.05) is 19.8 Å². The third-order valence-corrected chi connectivity index (χ3v) is 3.65. The maximum atomic E-state index is 5.91. The predicted molar refractivity (Wildman–Crippen MR) is 75.0 cm³/mol. The van der Waals surface area contributed by atoms with Gasteiger partial charge in [0.2, 0.25) is 5.28 Å². The number of aromatic nitrogens is 2. The molecule has 0 aromatic carbocycles. The van der Waals surface area contributed by atoms with Gasteiger partial charge in [-0.25, -0.2) is 9.97 Å². The first-order valence-electron chi connectivity index (χ1n) is 5.88. The molecule has 0 aliphatic rings. The molecule has 0 aliphatic heterocycles. The van der Waals surface area contributed by atoms with Crippen molar-refractivity contribution in [2.24, 2.45) is 0 Å². The van der Waals surface area contributed by atoms with Gasteiger partial charge in [-0.2, -0.15) is 0 Å². The third kappa shape index (κ3) is 3.07. The summed E-state index contributed by atoms with van der Waals surface area (Å²) in [5, 5.41) is 6.80. The largest absolute Gasteiger partial charge is 0.367 e. The number of rotatable bonds is 5. The van der Waals surface area contributed by atoms with Gasteiger partial charge in [0.05, 0.1) is 5.39 Å². The Labute approximate surface area is 110 Å². The van der Waals surface area contributed by atoms with E-state index >= 15 is 0 Å². The highest BCUT2D eigenvalue weighted by molar-refractivity contribution is 7.16. The van der Waals surface area contributed by atoms with Gasteiger partial charge in [0.25, 0.3) is 0 Å².